The van der Waals surface area contributed by atoms with E-state index in [0.29, 0.717) is 11.5 Å². The summed E-state index contributed by atoms with van der Waals surface area (Å²) in [6, 6.07) is 2.69. The van der Waals surface area contributed by atoms with Gasteiger partial charge in [-0.1, -0.05) is 13.8 Å². The first kappa shape index (κ1) is 10.5. The van der Waals surface area contributed by atoms with Crippen LogP contribution in [0.25, 0.3) is 0 Å². The molecule has 1 atom stereocenters. The lowest BCUT2D eigenvalue weighted by Gasteiger charge is -2.19. The highest BCUT2D eigenvalue weighted by molar-refractivity contribution is 5.48. The SMILES string of the molecule is Cc1ccncc1NC1CCC(C)(C)C1. The van der Waals surface area contributed by atoms with Gasteiger partial charge in [0.25, 0.3) is 0 Å². The molecule has 2 rings (SSSR count). The number of hydrogen-bond acceptors (Lipinski definition) is 2. The van der Waals surface area contributed by atoms with Gasteiger partial charge in [0.05, 0.1) is 11.9 Å². The van der Waals surface area contributed by atoms with Crippen molar-refractivity contribution in [2.75, 3.05) is 5.32 Å². The fourth-order valence-corrected chi connectivity index (χ4v) is 2.39. The fourth-order valence-electron chi connectivity index (χ4n) is 2.39. The zero-order chi connectivity index (χ0) is 10.9. The summed E-state index contributed by atoms with van der Waals surface area (Å²) < 4.78 is 0. The van der Waals surface area contributed by atoms with Gasteiger partial charge in [0, 0.05) is 12.2 Å². The van der Waals surface area contributed by atoms with Crippen LogP contribution in [0.2, 0.25) is 0 Å². The monoisotopic (exact) mass is 204 g/mol. The van der Waals surface area contributed by atoms with Crippen molar-refractivity contribution in [2.45, 2.75) is 46.1 Å². The van der Waals surface area contributed by atoms with Crippen LogP contribution in [0.5, 0.6) is 0 Å². The van der Waals surface area contributed by atoms with E-state index in [1.807, 2.05) is 12.4 Å². The van der Waals surface area contributed by atoms with Crippen molar-refractivity contribution in [3.63, 3.8) is 0 Å². The van der Waals surface area contributed by atoms with Gasteiger partial charge >= 0.3 is 0 Å². The van der Waals surface area contributed by atoms with Gasteiger partial charge < -0.3 is 5.32 Å². The van der Waals surface area contributed by atoms with E-state index in [-0.39, 0.29) is 0 Å². The van der Waals surface area contributed by atoms with E-state index < -0.39 is 0 Å². The summed E-state index contributed by atoms with van der Waals surface area (Å²) in [4.78, 5) is 4.16. The maximum absolute atomic E-state index is 4.16. The van der Waals surface area contributed by atoms with Crippen LogP contribution in [-0.2, 0) is 0 Å². The normalized spacial score (nSPS) is 24.1. The van der Waals surface area contributed by atoms with Gasteiger partial charge in [0.15, 0.2) is 0 Å². The molecule has 0 saturated heterocycles. The van der Waals surface area contributed by atoms with Crippen LogP contribution in [-0.4, -0.2) is 11.0 Å². The highest BCUT2D eigenvalue weighted by Gasteiger charge is 2.30. The molecule has 1 aliphatic carbocycles. The molecule has 1 N–H and O–H groups in total. The second kappa shape index (κ2) is 3.84. The van der Waals surface area contributed by atoms with Crippen molar-refractivity contribution in [2.24, 2.45) is 5.41 Å². The average Bonchev–Trinajstić information content (AvgIpc) is 2.50. The van der Waals surface area contributed by atoms with Gasteiger partial charge in [0.2, 0.25) is 0 Å². The van der Waals surface area contributed by atoms with E-state index in [4.69, 9.17) is 0 Å². The molecule has 1 aromatic rings. The van der Waals surface area contributed by atoms with Crippen molar-refractivity contribution in [1.29, 1.82) is 0 Å². The molecular weight excluding hydrogens is 184 g/mol. The van der Waals surface area contributed by atoms with Crippen LogP contribution in [0, 0.1) is 12.3 Å². The Labute approximate surface area is 92.1 Å². The van der Waals surface area contributed by atoms with Crippen molar-refractivity contribution < 1.29 is 0 Å². The summed E-state index contributed by atoms with van der Waals surface area (Å²) in [6.07, 6.45) is 7.65. The Bertz CT molecular complexity index is 344. The van der Waals surface area contributed by atoms with E-state index >= 15 is 0 Å². The Balaban J connectivity index is 2.02. The number of aryl methyl sites for hydroxylation is 1. The zero-order valence-corrected chi connectivity index (χ0v) is 9.88. The molecule has 2 nitrogen and oxygen atoms in total. The van der Waals surface area contributed by atoms with Crippen molar-refractivity contribution in [3.8, 4) is 0 Å². The lowest BCUT2D eigenvalue weighted by molar-refractivity contribution is 0.378. The summed E-state index contributed by atoms with van der Waals surface area (Å²) >= 11 is 0. The minimum absolute atomic E-state index is 0.508. The molecule has 2 heteroatoms. The molecule has 1 saturated carbocycles. The van der Waals surface area contributed by atoms with E-state index in [9.17, 15) is 0 Å². The highest BCUT2D eigenvalue weighted by Crippen LogP contribution is 2.38. The molecule has 0 aromatic carbocycles. The summed E-state index contributed by atoms with van der Waals surface area (Å²) in [5.74, 6) is 0. The number of aromatic nitrogens is 1. The Morgan fingerprint density at radius 1 is 1.47 bits per heavy atom. The number of nitrogens with zero attached hydrogens (tertiary/aromatic N) is 1. The third-order valence-corrected chi connectivity index (χ3v) is 3.37. The van der Waals surface area contributed by atoms with Crippen LogP contribution in [0.1, 0.15) is 38.7 Å². The first-order valence-corrected chi connectivity index (χ1v) is 5.74. The molecule has 1 fully saturated rings. The number of nitrogens with one attached hydrogen (secondary N) is 1. The number of hydrogen-bond donors (Lipinski definition) is 1. The quantitative estimate of drug-likeness (QED) is 0.798. The number of anilines is 1. The molecule has 1 aliphatic rings. The van der Waals surface area contributed by atoms with Crippen LogP contribution >= 0.6 is 0 Å². The van der Waals surface area contributed by atoms with Crippen LogP contribution < -0.4 is 5.32 Å². The summed E-state index contributed by atoms with van der Waals surface area (Å²) in [7, 11) is 0. The Morgan fingerprint density at radius 3 is 2.87 bits per heavy atom. The zero-order valence-electron chi connectivity index (χ0n) is 9.88. The predicted molar refractivity (Wildman–Crippen MR) is 64.0 cm³/mol. The molecule has 15 heavy (non-hydrogen) atoms. The minimum atomic E-state index is 0.508. The molecule has 1 heterocycles. The van der Waals surface area contributed by atoms with E-state index in [1.165, 1.54) is 30.5 Å². The fraction of sp³-hybridized carbons (Fsp3) is 0.615. The molecule has 0 amide bonds. The summed E-state index contributed by atoms with van der Waals surface area (Å²) in [5.41, 5.74) is 2.99. The van der Waals surface area contributed by atoms with Crippen molar-refractivity contribution >= 4 is 5.69 Å². The van der Waals surface area contributed by atoms with Gasteiger partial charge in [-0.2, -0.15) is 0 Å². The smallest absolute Gasteiger partial charge is 0.0558 e. The topological polar surface area (TPSA) is 24.9 Å². The number of pyridine rings is 1. The third kappa shape index (κ3) is 2.49. The van der Waals surface area contributed by atoms with Crippen LogP contribution in [0.15, 0.2) is 18.5 Å². The molecule has 0 spiro atoms. The van der Waals surface area contributed by atoms with Crippen molar-refractivity contribution in [1.82, 2.24) is 4.98 Å². The molecule has 0 bridgehead atoms. The van der Waals surface area contributed by atoms with Crippen LogP contribution in [0.3, 0.4) is 0 Å². The molecule has 82 valence electrons. The Hall–Kier alpha value is -1.05. The van der Waals surface area contributed by atoms with Gasteiger partial charge in [0.1, 0.15) is 0 Å². The van der Waals surface area contributed by atoms with Crippen molar-refractivity contribution in [3.05, 3.63) is 24.0 Å². The third-order valence-electron chi connectivity index (χ3n) is 3.37. The minimum Gasteiger partial charge on any atom is -0.381 e. The largest absolute Gasteiger partial charge is 0.381 e. The summed E-state index contributed by atoms with van der Waals surface area (Å²) in [5, 5.41) is 3.60. The lowest BCUT2D eigenvalue weighted by atomic mass is 9.92. The van der Waals surface area contributed by atoms with Gasteiger partial charge in [-0.3, -0.25) is 4.98 Å². The van der Waals surface area contributed by atoms with Crippen LogP contribution in [0.4, 0.5) is 5.69 Å². The maximum atomic E-state index is 4.16. The Kier molecular flexibility index (Phi) is 2.68. The molecule has 0 aliphatic heterocycles. The van der Waals surface area contributed by atoms with E-state index in [2.05, 4.69) is 37.1 Å². The second-order valence-corrected chi connectivity index (χ2v) is 5.44. The first-order chi connectivity index (χ1) is 7.07. The first-order valence-electron chi connectivity index (χ1n) is 5.74. The molecule has 1 aromatic heterocycles. The standard InChI is InChI=1S/C13H20N2/c1-10-5-7-14-9-12(10)15-11-4-6-13(2,3)8-11/h5,7,9,11,15H,4,6,8H2,1-3H3. The Morgan fingerprint density at radius 2 is 2.27 bits per heavy atom. The molecule has 0 radical (unpaired) electrons. The molecule has 1 unspecified atom stereocenters. The second-order valence-electron chi connectivity index (χ2n) is 5.44. The lowest BCUT2D eigenvalue weighted by Crippen LogP contribution is -2.18. The average molecular weight is 204 g/mol. The van der Waals surface area contributed by atoms with E-state index in [0.717, 1.165) is 0 Å². The summed E-state index contributed by atoms with van der Waals surface area (Å²) in [6.45, 7) is 6.83. The van der Waals surface area contributed by atoms with Gasteiger partial charge in [-0.05, 0) is 43.2 Å². The van der Waals surface area contributed by atoms with Gasteiger partial charge in [-0.25, -0.2) is 0 Å². The van der Waals surface area contributed by atoms with E-state index in [1.54, 1.807) is 0 Å². The van der Waals surface area contributed by atoms with Gasteiger partial charge in [-0.15, -0.1) is 0 Å². The molecular formula is C13H20N2. The maximum Gasteiger partial charge on any atom is 0.0558 e. The number of rotatable bonds is 2. The highest BCUT2D eigenvalue weighted by atomic mass is 14.9. The predicted octanol–water partition coefficient (Wildman–Crippen LogP) is 3.38.